The lowest BCUT2D eigenvalue weighted by Crippen LogP contribution is -2.49. The van der Waals surface area contributed by atoms with Crippen LogP contribution >= 0.6 is 11.8 Å². The first-order chi connectivity index (χ1) is 9.13. The van der Waals surface area contributed by atoms with Crippen LogP contribution < -0.4 is 16.4 Å². The van der Waals surface area contributed by atoms with Crippen molar-refractivity contribution < 1.29 is 9.59 Å². The monoisotopic (exact) mass is 286 g/mol. The summed E-state index contributed by atoms with van der Waals surface area (Å²) in [6.07, 6.45) is 4.44. The van der Waals surface area contributed by atoms with E-state index >= 15 is 0 Å². The van der Waals surface area contributed by atoms with Crippen LogP contribution in [0.1, 0.15) is 12.2 Å². The molecule has 0 bridgehead atoms. The van der Waals surface area contributed by atoms with Gasteiger partial charge in [0.05, 0.1) is 0 Å². The van der Waals surface area contributed by atoms with Crippen molar-refractivity contribution in [3.63, 3.8) is 0 Å². The van der Waals surface area contributed by atoms with Gasteiger partial charge in [-0.05, 0) is 18.4 Å². The molecule has 0 fully saturated rings. The summed E-state index contributed by atoms with van der Waals surface area (Å²) in [6, 6.07) is -1.30. The molecule has 1 aromatic heterocycles. The molecular formula is C10H18N6O2S. The van der Waals surface area contributed by atoms with Crippen molar-refractivity contribution in [3.05, 3.63) is 12.2 Å². The fraction of sp³-hybridized carbons (Fsp3) is 0.600. The molecule has 19 heavy (non-hydrogen) atoms. The highest BCUT2D eigenvalue weighted by molar-refractivity contribution is 7.98. The van der Waals surface area contributed by atoms with Gasteiger partial charge in [0, 0.05) is 13.0 Å². The van der Waals surface area contributed by atoms with Crippen LogP contribution in [0.5, 0.6) is 0 Å². The number of amides is 3. The van der Waals surface area contributed by atoms with E-state index in [-0.39, 0.29) is 5.91 Å². The average Bonchev–Trinajstić information content (AvgIpc) is 2.87. The highest BCUT2D eigenvalue weighted by atomic mass is 32.2. The number of aromatic amines is 1. The molecule has 0 spiro atoms. The third-order valence-electron chi connectivity index (χ3n) is 2.37. The van der Waals surface area contributed by atoms with Gasteiger partial charge in [0.2, 0.25) is 5.91 Å². The number of carbonyl (C=O) groups is 2. The number of urea groups is 1. The molecule has 1 aromatic rings. The van der Waals surface area contributed by atoms with E-state index in [2.05, 4.69) is 25.8 Å². The van der Waals surface area contributed by atoms with Crippen LogP contribution in [0, 0.1) is 0 Å². The summed E-state index contributed by atoms with van der Waals surface area (Å²) in [5.74, 6) is 1.22. The maximum atomic E-state index is 11.9. The highest BCUT2D eigenvalue weighted by Gasteiger charge is 2.18. The Bertz CT molecular complexity index is 397. The number of nitrogens with two attached hydrogens (primary N) is 1. The number of aromatic nitrogens is 3. The molecule has 0 aromatic carbocycles. The Balaban J connectivity index is 2.35. The van der Waals surface area contributed by atoms with E-state index in [9.17, 15) is 9.59 Å². The zero-order valence-corrected chi connectivity index (χ0v) is 11.5. The van der Waals surface area contributed by atoms with Gasteiger partial charge in [0.15, 0.2) is 0 Å². The minimum absolute atomic E-state index is 0.243. The van der Waals surface area contributed by atoms with E-state index in [1.165, 1.54) is 6.33 Å². The zero-order chi connectivity index (χ0) is 14.1. The van der Waals surface area contributed by atoms with Gasteiger partial charge < -0.3 is 16.4 Å². The number of nitrogens with one attached hydrogen (secondary N) is 3. The Morgan fingerprint density at radius 2 is 2.37 bits per heavy atom. The second kappa shape index (κ2) is 8.35. The number of rotatable bonds is 8. The smallest absolute Gasteiger partial charge is 0.312 e. The standard InChI is InChI=1S/C10H18N6O2S/c1-19-5-3-7(15-10(11)18)9(17)12-4-2-8-13-6-14-16-8/h6-7H,2-5H2,1H3,(H,12,17)(H3,11,15,18)(H,13,14,16). The van der Waals surface area contributed by atoms with Crippen molar-refractivity contribution >= 4 is 23.7 Å². The molecule has 8 nitrogen and oxygen atoms in total. The predicted molar refractivity (Wildman–Crippen MR) is 72.6 cm³/mol. The van der Waals surface area contributed by atoms with Gasteiger partial charge in [0.25, 0.3) is 0 Å². The third kappa shape index (κ3) is 6.09. The summed E-state index contributed by atoms with van der Waals surface area (Å²) in [5, 5.41) is 11.6. The summed E-state index contributed by atoms with van der Waals surface area (Å²) < 4.78 is 0. The van der Waals surface area contributed by atoms with Gasteiger partial charge in [-0.2, -0.15) is 16.9 Å². The Kier molecular flexibility index (Phi) is 6.72. The quantitative estimate of drug-likeness (QED) is 0.500. The van der Waals surface area contributed by atoms with Crippen LogP contribution in [0.15, 0.2) is 6.33 Å². The van der Waals surface area contributed by atoms with E-state index in [1.807, 2.05) is 6.26 Å². The summed E-state index contributed by atoms with van der Waals surface area (Å²) in [6.45, 7) is 0.421. The maximum absolute atomic E-state index is 11.9. The van der Waals surface area contributed by atoms with Gasteiger partial charge in [-0.25, -0.2) is 9.78 Å². The fourth-order valence-corrected chi connectivity index (χ4v) is 1.93. The molecule has 9 heteroatoms. The predicted octanol–water partition coefficient (Wildman–Crippen LogP) is -0.747. The second-order valence-corrected chi connectivity index (χ2v) is 4.80. The number of H-pyrrole nitrogens is 1. The van der Waals surface area contributed by atoms with E-state index in [0.29, 0.717) is 25.2 Å². The molecule has 1 atom stereocenters. The number of hydrogen-bond acceptors (Lipinski definition) is 5. The maximum Gasteiger partial charge on any atom is 0.312 e. The van der Waals surface area contributed by atoms with Gasteiger partial charge in [0.1, 0.15) is 18.2 Å². The molecule has 106 valence electrons. The average molecular weight is 286 g/mol. The van der Waals surface area contributed by atoms with Crippen LogP contribution in [0.2, 0.25) is 0 Å². The van der Waals surface area contributed by atoms with Gasteiger partial charge >= 0.3 is 6.03 Å². The van der Waals surface area contributed by atoms with Crippen LogP contribution in [0.4, 0.5) is 4.79 Å². The van der Waals surface area contributed by atoms with Crippen molar-refractivity contribution in [3.8, 4) is 0 Å². The largest absolute Gasteiger partial charge is 0.354 e. The zero-order valence-electron chi connectivity index (χ0n) is 10.7. The minimum atomic E-state index is -0.698. The lowest BCUT2D eigenvalue weighted by molar-refractivity contribution is -0.122. The van der Waals surface area contributed by atoms with Crippen molar-refractivity contribution in [2.45, 2.75) is 18.9 Å². The summed E-state index contributed by atoms with van der Waals surface area (Å²) >= 11 is 1.60. The summed E-state index contributed by atoms with van der Waals surface area (Å²) in [7, 11) is 0. The highest BCUT2D eigenvalue weighted by Crippen LogP contribution is 2.01. The first kappa shape index (κ1) is 15.3. The van der Waals surface area contributed by atoms with Gasteiger partial charge in [-0.3, -0.25) is 9.89 Å². The summed E-state index contributed by atoms with van der Waals surface area (Å²) in [5.41, 5.74) is 5.05. The first-order valence-corrected chi connectivity index (χ1v) is 7.19. The minimum Gasteiger partial charge on any atom is -0.354 e. The number of primary amides is 1. The Labute approximate surface area is 115 Å². The number of hydrogen-bond donors (Lipinski definition) is 4. The first-order valence-electron chi connectivity index (χ1n) is 5.80. The van der Waals surface area contributed by atoms with E-state index < -0.39 is 12.1 Å². The number of nitrogens with zero attached hydrogens (tertiary/aromatic N) is 2. The molecule has 0 aliphatic heterocycles. The number of thioether (sulfide) groups is 1. The molecule has 1 heterocycles. The molecule has 0 saturated carbocycles. The van der Waals surface area contributed by atoms with Crippen LogP contribution in [0.25, 0.3) is 0 Å². The SMILES string of the molecule is CSCCC(NC(N)=O)C(=O)NCCc1ncn[nH]1. The van der Waals surface area contributed by atoms with Crippen molar-refractivity contribution in [2.24, 2.45) is 5.73 Å². The molecule has 0 saturated heterocycles. The number of carbonyl (C=O) groups excluding carboxylic acids is 2. The van der Waals surface area contributed by atoms with E-state index in [0.717, 1.165) is 5.75 Å². The normalized spacial score (nSPS) is 11.8. The Hall–Kier alpha value is -1.77. The molecule has 1 unspecified atom stereocenters. The van der Waals surface area contributed by atoms with E-state index in [1.54, 1.807) is 11.8 Å². The Morgan fingerprint density at radius 3 is 2.95 bits per heavy atom. The second-order valence-electron chi connectivity index (χ2n) is 3.82. The van der Waals surface area contributed by atoms with Crippen molar-refractivity contribution in [2.75, 3.05) is 18.6 Å². The topological polar surface area (TPSA) is 126 Å². The molecular weight excluding hydrogens is 268 g/mol. The lowest BCUT2D eigenvalue weighted by Gasteiger charge is -2.16. The van der Waals surface area contributed by atoms with Gasteiger partial charge in [-0.1, -0.05) is 0 Å². The van der Waals surface area contributed by atoms with Crippen LogP contribution in [0.3, 0.4) is 0 Å². The molecule has 5 N–H and O–H groups in total. The van der Waals surface area contributed by atoms with E-state index in [4.69, 9.17) is 5.73 Å². The third-order valence-corrected chi connectivity index (χ3v) is 3.01. The summed E-state index contributed by atoms with van der Waals surface area (Å²) in [4.78, 5) is 26.7. The van der Waals surface area contributed by atoms with Crippen molar-refractivity contribution in [1.29, 1.82) is 0 Å². The fourth-order valence-electron chi connectivity index (χ4n) is 1.45. The van der Waals surface area contributed by atoms with Crippen LogP contribution in [-0.2, 0) is 11.2 Å². The lowest BCUT2D eigenvalue weighted by atomic mass is 10.2. The molecule has 0 aliphatic carbocycles. The molecule has 3 amide bonds. The molecule has 0 radical (unpaired) electrons. The molecule has 1 rings (SSSR count). The van der Waals surface area contributed by atoms with Gasteiger partial charge in [-0.15, -0.1) is 0 Å². The van der Waals surface area contributed by atoms with Crippen molar-refractivity contribution in [1.82, 2.24) is 25.8 Å². The molecule has 0 aliphatic rings. The Morgan fingerprint density at radius 1 is 1.58 bits per heavy atom. The van der Waals surface area contributed by atoms with Crippen LogP contribution in [-0.4, -0.2) is 51.7 Å².